The van der Waals surface area contributed by atoms with Gasteiger partial charge in [-0.3, -0.25) is 14.2 Å². The maximum atomic E-state index is 13.2. The van der Waals surface area contributed by atoms with Gasteiger partial charge in [-0.1, -0.05) is 42.1 Å². The van der Waals surface area contributed by atoms with Gasteiger partial charge in [0, 0.05) is 21.9 Å². The zero-order valence-corrected chi connectivity index (χ0v) is 21.1. The first-order valence-electron chi connectivity index (χ1n) is 10.6. The molecular formula is C24H22N4O2S3. The molecule has 0 radical (unpaired) electrons. The van der Waals surface area contributed by atoms with Crippen molar-refractivity contribution in [2.75, 3.05) is 0 Å². The molecule has 9 heteroatoms. The van der Waals surface area contributed by atoms with Crippen molar-refractivity contribution in [3.05, 3.63) is 72.7 Å². The molecule has 0 amide bonds. The molecule has 4 heterocycles. The molecule has 0 aliphatic rings. The van der Waals surface area contributed by atoms with Crippen molar-refractivity contribution in [1.29, 1.82) is 0 Å². The maximum absolute atomic E-state index is 13.2. The average Bonchev–Trinajstić information content (AvgIpc) is 3.34. The molecule has 168 valence electrons. The topological polar surface area (TPSA) is 80.6 Å². The molecule has 0 aliphatic heterocycles. The van der Waals surface area contributed by atoms with Crippen molar-refractivity contribution >= 4 is 54.9 Å². The molecule has 1 N–H and O–H groups in total. The predicted octanol–water partition coefficient (Wildman–Crippen LogP) is 5.91. The minimum absolute atomic E-state index is 0.0120. The minimum atomic E-state index is -0.148. The highest BCUT2D eigenvalue weighted by molar-refractivity contribution is 7.98. The third-order valence-corrected chi connectivity index (χ3v) is 8.57. The number of nitrogens with one attached hydrogen (secondary N) is 1. The Morgan fingerprint density at radius 3 is 2.55 bits per heavy atom. The molecule has 5 rings (SSSR count). The first-order valence-corrected chi connectivity index (χ1v) is 13.2. The highest BCUT2D eigenvalue weighted by Gasteiger charge is 2.19. The molecule has 4 aromatic heterocycles. The fraction of sp³-hybridized carbons (Fsp3) is 0.250. The molecule has 33 heavy (non-hydrogen) atoms. The minimum Gasteiger partial charge on any atom is -0.309 e. The lowest BCUT2D eigenvalue weighted by atomic mass is 10.1. The fourth-order valence-electron chi connectivity index (χ4n) is 3.87. The number of rotatable bonds is 5. The monoisotopic (exact) mass is 494 g/mol. The van der Waals surface area contributed by atoms with E-state index in [1.807, 2.05) is 63.4 Å². The summed E-state index contributed by atoms with van der Waals surface area (Å²) in [6.45, 7) is 7.96. The summed E-state index contributed by atoms with van der Waals surface area (Å²) in [4.78, 5) is 41.2. The third-order valence-electron chi connectivity index (χ3n) is 5.63. The molecule has 0 fully saturated rings. The number of hydrogen-bond acceptors (Lipinski definition) is 7. The lowest BCUT2D eigenvalue weighted by Gasteiger charge is -2.15. The highest BCUT2D eigenvalue weighted by atomic mass is 32.2. The van der Waals surface area contributed by atoms with Crippen molar-refractivity contribution < 1.29 is 0 Å². The van der Waals surface area contributed by atoms with Crippen LogP contribution in [0.25, 0.3) is 31.6 Å². The lowest BCUT2D eigenvalue weighted by Crippen LogP contribution is -2.25. The van der Waals surface area contributed by atoms with Gasteiger partial charge in [-0.25, -0.2) is 9.97 Å². The van der Waals surface area contributed by atoms with Crippen LogP contribution in [0, 0.1) is 13.8 Å². The number of aromatic amines is 1. The van der Waals surface area contributed by atoms with E-state index in [4.69, 9.17) is 9.97 Å². The van der Waals surface area contributed by atoms with Crippen LogP contribution in [-0.4, -0.2) is 19.5 Å². The molecule has 6 nitrogen and oxygen atoms in total. The predicted molar refractivity (Wildman–Crippen MR) is 139 cm³/mol. The van der Waals surface area contributed by atoms with E-state index < -0.39 is 0 Å². The Bertz CT molecular complexity index is 1610. The second-order valence-electron chi connectivity index (χ2n) is 8.12. The number of thioether (sulfide) groups is 1. The van der Waals surface area contributed by atoms with Crippen LogP contribution in [-0.2, 0) is 5.75 Å². The summed E-state index contributed by atoms with van der Waals surface area (Å²) in [6, 6.07) is 9.82. The van der Waals surface area contributed by atoms with Gasteiger partial charge in [-0.2, -0.15) is 0 Å². The van der Waals surface area contributed by atoms with Crippen LogP contribution in [0.2, 0.25) is 0 Å². The molecular weight excluding hydrogens is 472 g/mol. The van der Waals surface area contributed by atoms with Crippen LogP contribution in [0.1, 0.15) is 36.2 Å². The second-order valence-corrected chi connectivity index (χ2v) is 11.1. The summed E-state index contributed by atoms with van der Waals surface area (Å²) in [6.07, 6.45) is 0. The first kappa shape index (κ1) is 22.1. The van der Waals surface area contributed by atoms with Gasteiger partial charge in [0.1, 0.15) is 15.5 Å². The quantitative estimate of drug-likeness (QED) is 0.243. The van der Waals surface area contributed by atoms with E-state index in [0.29, 0.717) is 32.3 Å². The molecule has 0 saturated heterocycles. The summed E-state index contributed by atoms with van der Waals surface area (Å²) in [5.74, 6) is 0.986. The van der Waals surface area contributed by atoms with Gasteiger partial charge in [-0.15, -0.1) is 22.7 Å². The standard InChI is InChI=1S/C24H22N4O2S3/c1-12(2)28-23(30)18-13(3)14(4)33-22(18)27-24(28)32-11-17-25-20(29)19-16(10-31-21(19)26-17)15-8-6-5-7-9-15/h5-10,12H,11H2,1-4H3,(H,25,26,29). The highest BCUT2D eigenvalue weighted by Crippen LogP contribution is 2.32. The molecule has 0 bridgehead atoms. The maximum Gasteiger partial charge on any atom is 0.263 e. The number of aromatic nitrogens is 4. The van der Waals surface area contributed by atoms with E-state index in [-0.39, 0.29) is 17.2 Å². The largest absolute Gasteiger partial charge is 0.309 e. The first-order chi connectivity index (χ1) is 15.8. The van der Waals surface area contributed by atoms with Crippen molar-refractivity contribution in [1.82, 2.24) is 19.5 Å². The summed E-state index contributed by atoms with van der Waals surface area (Å²) in [7, 11) is 0. The molecule has 1 aromatic carbocycles. The Morgan fingerprint density at radius 2 is 1.82 bits per heavy atom. The number of nitrogens with zero attached hydrogens (tertiary/aromatic N) is 3. The van der Waals surface area contributed by atoms with Gasteiger partial charge in [-0.05, 0) is 38.8 Å². The van der Waals surface area contributed by atoms with E-state index in [1.165, 1.54) is 23.1 Å². The normalized spacial score (nSPS) is 11.8. The van der Waals surface area contributed by atoms with Crippen molar-refractivity contribution in [3.8, 4) is 11.1 Å². The van der Waals surface area contributed by atoms with Crippen LogP contribution in [0.5, 0.6) is 0 Å². The number of hydrogen-bond donors (Lipinski definition) is 1. The van der Waals surface area contributed by atoms with E-state index in [9.17, 15) is 9.59 Å². The van der Waals surface area contributed by atoms with E-state index in [1.54, 1.807) is 15.9 Å². The van der Waals surface area contributed by atoms with Gasteiger partial charge >= 0.3 is 0 Å². The van der Waals surface area contributed by atoms with Crippen LogP contribution in [0.4, 0.5) is 0 Å². The van der Waals surface area contributed by atoms with Gasteiger partial charge in [0.15, 0.2) is 5.16 Å². The Hall–Kier alpha value is -2.75. The number of benzene rings is 1. The Labute approximate surface area is 202 Å². The molecule has 0 aliphatic carbocycles. The van der Waals surface area contributed by atoms with Crippen molar-refractivity contribution in [3.63, 3.8) is 0 Å². The van der Waals surface area contributed by atoms with Gasteiger partial charge in [0.05, 0.1) is 16.5 Å². The van der Waals surface area contributed by atoms with Gasteiger partial charge < -0.3 is 4.98 Å². The molecule has 5 aromatic rings. The summed E-state index contributed by atoms with van der Waals surface area (Å²) in [5.41, 5.74) is 2.74. The molecule has 0 saturated carbocycles. The van der Waals surface area contributed by atoms with E-state index >= 15 is 0 Å². The Balaban J connectivity index is 1.52. The van der Waals surface area contributed by atoms with Gasteiger partial charge in [0.2, 0.25) is 0 Å². The van der Waals surface area contributed by atoms with Crippen LogP contribution in [0.3, 0.4) is 0 Å². The molecule has 0 spiro atoms. The van der Waals surface area contributed by atoms with E-state index in [0.717, 1.165) is 26.4 Å². The zero-order chi connectivity index (χ0) is 23.3. The van der Waals surface area contributed by atoms with Crippen molar-refractivity contribution in [2.24, 2.45) is 0 Å². The smallest absolute Gasteiger partial charge is 0.263 e. The van der Waals surface area contributed by atoms with Crippen LogP contribution >= 0.6 is 34.4 Å². The van der Waals surface area contributed by atoms with Crippen LogP contribution < -0.4 is 11.1 Å². The number of fused-ring (bicyclic) bond motifs is 2. The van der Waals surface area contributed by atoms with Crippen LogP contribution in [0.15, 0.2) is 50.5 Å². The zero-order valence-electron chi connectivity index (χ0n) is 18.6. The van der Waals surface area contributed by atoms with E-state index in [2.05, 4.69) is 4.98 Å². The fourth-order valence-corrected chi connectivity index (χ4v) is 6.91. The number of H-pyrrole nitrogens is 1. The summed E-state index contributed by atoms with van der Waals surface area (Å²) < 4.78 is 1.74. The number of thiophene rings is 2. The number of aryl methyl sites for hydroxylation is 2. The Morgan fingerprint density at radius 1 is 1.06 bits per heavy atom. The third kappa shape index (κ3) is 3.84. The lowest BCUT2D eigenvalue weighted by molar-refractivity contribution is 0.519. The molecule has 0 unspecified atom stereocenters. The molecule has 0 atom stereocenters. The van der Waals surface area contributed by atoms with Crippen molar-refractivity contribution in [2.45, 2.75) is 44.6 Å². The average molecular weight is 495 g/mol. The Kier molecular flexibility index (Phi) is 5.72. The summed E-state index contributed by atoms with van der Waals surface area (Å²) in [5, 5.41) is 3.94. The SMILES string of the molecule is Cc1sc2nc(SCc3nc4scc(-c5ccccc5)c4c(=O)[nH]3)n(C(C)C)c(=O)c2c1C. The van der Waals surface area contributed by atoms with Gasteiger partial charge in [0.25, 0.3) is 11.1 Å². The second kappa shape index (κ2) is 8.55. The summed E-state index contributed by atoms with van der Waals surface area (Å²) >= 11 is 4.43.